The summed E-state index contributed by atoms with van der Waals surface area (Å²) in [7, 11) is 6.39. The van der Waals surface area contributed by atoms with Gasteiger partial charge in [0.05, 0.1) is 34.1 Å². The monoisotopic (exact) mass is 412 g/mol. The molecule has 0 unspecified atom stereocenters. The van der Waals surface area contributed by atoms with E-state index >= 15 is 0 Å². The lowest BCUT2D eigenvalue weighted by Crippen LogP contribution is -2.18. The van der Waals surface area contributed by atoms with E-state index in [4.69, 9.17) is 18.9 Å². The first-order valence-electron chi connectivity index (χ1n) is 8.72. The second kappa shape index (κ2) is 7.96. The molecule has 1 N–H and O–H groups in total. The van der Waals surface area contributed by atoms with Gasteiger partial charge in [0.15, 0.2) is 17.3 Å². The summed E-state index contributed by atoms with van der Waals surface area (Å²) in [6.07, 6.45) is 0. The lowest BCUT2D eigenvalue weighted by atomic mass is 10.1. The molecule has 0 saturated heterocycles. The number of thioether (sulfide) groups is 1. The number of hydrogen-bond donors (Lipinski definition) is 1. The number of nitrogens with one attached hydrogen (secondary N) is 1. The van der Waals surface area contributed by atoms with Gasteiger partial charge in [-0.2, -0.15) is 0 Å². The Balaban J connectivity index is 1.71. The van der Waals surface area contributed by atoms with Crippen molar-refractivity contribution < 1.29 is 18.9 Å². The van der Waals surface area contributed by atoms with Gasteiger partial charge >= 0.3 is 0 Å². The van der Waals surface area contributed by atoms with Crippen molar-refractivity contribution in [3.05, 3.63) is 47.4 Å². The van der Waals surface area contributed by atoms with Gasteiger partial charge in [-0.1, -0.05) is 11.8 Å². The van der Waals surface area contributed by atoms with Crippen molar-refractivity contribution in [2.75, 3.05) is 33.9 Å². The van der Waals surface area contributed by atoms with Gasteiger partial charge in [-0.15, -0.1) is 10.2 Å². The first-order chi connectivity index (χ1) is 14.2. The van der Waals surface area contributed by atoms with Gasteiger partial charge in [0.1, 0.15) is 5.75 Å². The fourth-order valence-electron chi connectivity index (χ4n) is 3.01. The maximum absolute atomic E-state index is 5.46. The van der Waals surface area contributed by atoms with Crippen molar-refractivity contribution in [2.45, 2.75) is 5.16 Å². The van der Waals surface area contributed by atoms with Crippen molar-refractivity contribution >= 4 is 17.5 Å². The van der Waals surface area contributed by atoms with Crippen LogP contribution in [0.15, 0.2) is 47.0 Å². The third-order valence-electron chi connectivity index (χ3n) is 4.47. The third-order valence-corrected chi connectivity index (χ3v) is 5.30. The van der Waals surface area contributed by atoms with Gasteiger partial charge < -0.3 is 18.9 Å². The van der Waals surface area contributed by atoms with Crippen molar-refractivity contribution in [1.29, 1.82) is 0 Å². The first-order valence-corrected chi connectivity index (χ1v) is 9.60. The summed E-state index contributed by atoms with van der Waals surface area (Å²) in [5.41, 5.74) is 6.11. The molecule has 4 rings (SSSR count). The Hall–Kier alpha value is -3.33. The maximum atomic E-state index is 5.46. The zero-order chi connectivity index (χ0) is 20.4. The largest absolute Gasteiger partial charge is 0.497 e. The van der Waals surface area contributed by atoms with Crippen LogP contribution in [0.1, 0.15) is 5.56 Å². The van der Waals surface area contributed by atoms with E-state index in [9.17, 15) is 0 Å². The Morgan fingerprint density at radius 2 is 1.52 bits per heavy atom. The maximum Gasteiger partial charge on any atom is 0.214 e. The van der Waals surface area contributed by atoms with E-state index in [-0.39, 0.29) is 0 Å². The minimum Gasteiger partial charge on any atom is -0.497 e. The van der Waals surface area contributed by atoms with Gasteiger partial charge in [-0.25, -0.2) is 4.68 Å². The summed E-state index contributed by atoms with van der Waals surface area (Å²) >= 11 is 1.49. The van der Waals surface area contributed by atoms with Crippen LogP contribution in [0.5, 0.6) is 23.0 Å². The Labute approximate surface area is 172 Å². The number of ether oxygens (including phenoxy) is 4. The lowest BCUT2D eigenvalue weighted by Gasteiger charge is -2.20. The molecule has 8 nitrogen and oxygen atoms in total. The molecule has 0 fully saturated rings. The van der Waals surface area contributed by atoms with Crippen LogP contribution in [0.3, 0.4) is 0 Å². The van der Waals surface area contributed by atoms with Crippen molar-refractivity contribution in [2.24, 2.45) is 0 Å². The molecule has 1 aliphatic rings. The quantitative estimate of drug-likeness (QED) is 0.658. The van der Waals surface area contributed by atoms with E-state index in [0.29, 0.717) is 23.1 Å². The van der Waals surface area contributed by atoms with Crippen LogP contribution in [0.2, 0.25) is 0 Å². The minimum atomic E-state index is 0.526. The highest BCUT2D eigenvalue weighted by molar-refractivity contribution is 8.02. The summed E-state index contributed by atoms with van der Waals surface area (Å²) < 4.78 is 23.4. The first kappa shape index (κ1) is 19.0. The number of fused-ring (bicyclic) bond motifs is 1. The zero-order valence-electron chi connectivity index (χ0n) is 16.4. The lowest BCUT2D eigenvalue weighted by molar-refractivity contribution is 0.324. The average Bonchev–Trinajstić information content (AvgIpc) is 3.21. The van der Waals surface area contributed by atoms with E-state index in [1.54, 1.807) is 28.4 Å². The Kier molecular flexibility index (Phi) is 5.22. The molecule has 3 aromatic rings. The van der Waals surface area contributed by atoms with Gasteiger partial charge in [0.2, 0.25) is 10.9 Å². The van der Waals surface area contributed by atoms with Gasteiger partial charge in [-0.05, 0) is 36.4 Å². The van der Waals surface area contributed by atoms with E-state index in [0.717, 1.165) is 27.7 Å². The molecule has 1 aromatic heterocycles. The van der Waals surface area contributed by atoms with Crippen LogP contribution >= 0.6 is 11.8 Å². The van der Waals surface area contributed by atoms with Gasteiger partial charge in [0, 0.05) is 16.5 Å². The van der Waals surface area contributed by atoms with Crippen LogP contribution in [0.25, 0.3) is 17.1 Å². The zero-order valence-corrected chi connectivity index (χ0v) is 17.2. The molecule has 0 radical (unpaired) electrons. The number of rotatable bonds is 6. The fraction of sp³-hybridized carbons (Fsp3) is 0.200. The number of nitrogens with zero attached hydrogens (tertiary/aromatic N) is 3. The Bertz CT molecular complexity index is 1040. The molecule has 2 aromatic carbocycles. The number of aromatic nitrogens is 3. The van der Waals surface area contributed by atoms with E-state index in [2.05, 4.69) is 15.6 Å². The summed E-state index contributed by atoms with van der Waals surface area (Å²) in [5, 5.41) is 11.4. The van der Waals surface area contributed by atoms with Crippen molar-refractivity contribution in [1.82, 2.24) is 14.9 Å². The molecule has 29 heavy (non-hydrogen) atoms. The third kappa shape index (κ3) is 3.44. The van der Waals surface area contributed by atoms with Gasteiger partial charge in [0.25, 0.3) is 0 Å². The predicted octanol–water partition coefficient (Wildman–Crippen LogP) is 3.63. The molecule has 150 valence electrons. The molecule has 0 saturated carbocycles. The average molecular weight is 412 g/mol. The predicted molar refractivity (Wildman–Crippen MR) is 111 cm³/mol. The van der Waals surface area contributed by atoms with Crippen LogP contribution < -0.4 is 24.4 Å². The summed E-state index contributed by atoms with van der Waals surface area (Å²) in [6, 6.07) is 11.5. The molecule has 0 atom stereocenters. The summed E-state index contributed by atoms with van der Waals surface area (Å²) in [4.78, 5) is 0. The number of hydrogen-bond acceptors (Lipinski definition) is 8. The Morgan fingerprint density at radius 3 is 2.10 bits per heavy atom. The SMILES string of the molecule is COc1ccc(C2=CSc3nnc(-c4cc(OC)c(OC)c(OC)c4)n3N2)cc1. The van der Waals surface area contributed by atoms with Gasteiger partial charge in [-0.3, -0.25) is 5.43 Å². The second-order valence-corrected chi connectivity index (χ2v) is 6.88. The fourth-order valence-corrected chi connectivity index (χ4v) is 3.74. The minimum absolute atomic E-state index is 0.526. The normalized spacial score (nSPS) is 12.5. The number of benzene rings is 2. The molecule has 9 heteroatoms. The molecule has 0 spiro atoms. The van der Waals surface area contributed by atoms with Crippen LogP contribution in [-0.4, -0.2) is 43.3 Å². The summed E-state index contributed by atoms with van der Waals surface area (Å²) in [6.45, 7) is 0. The van der Waals surface area contributed by atoms with Crippen molar-refractivity contribution in [3.63, 3.8) is 0 Å². The highest BCUT2D eigenvalue weighted by Gasteiger charge is 2.22. The standard InChI is InChI=1S/C20H20N4O4S/c1-25-14-7-5-12(6-8-14)15-11-29-20-22-21-19(24(20)23-15)13-9-16(26-2)18(28-4)17(10-13)27-3/h5-11,23H,1-4H3. The molecule has 0 amide bonds. The molecule has 0 bridgehead atoms. The number of methoxy groups -OCH3 is 4. The highest BCUT2D eigenvalue weighted by atomic mass is 32.2. The second-order valence-electron chi connectivity index (χ2n) is 6.05. The molecular formula is C20H20N4O4S. The Morgan fingerprint density at radius 1 is 0.828 bits per heavy atom. The molecule has 2 heterocycles. The highest BCUT2D eigenvalue weighted by Crippen LogP contribution is 2.41. The van der Waals surface area contributed by atoms with Crippen LogP contribution in [-0.2, 0) is 0 Å². The summed E-state index contributed by atoms with van der Waals surface area (Å²) in [5.74, 6) is 3.06. The van der Waals surface area contributed by atoms with E-state index in [1.807, 2.05) is 46.5 Å². The van der Waals surface area contributed by atoms with Crippen LogP contribution in [0, 0.1) is 0 Å². The van der Waals surface area contributed by atoms with Crippen LogP contribution in [0.4, 0.5) is 0 Å². The smallest absolute Gasteiger partial charge is 0.214 e. The molecule has 0 aliphatic carbocycles. The topological polar surface area (TPSA) is 79.7 Å². The van der Waals surface area contributed by atoms with E-state index in [1.165, 1.54) is 11.8 Å². The van der Waals surface area contributed by atoms with E-state index < -0.39 is 0 Å². The van der Waals surface area contributed by atoms with Crippen molar-refractivity contribution in [3.8, 4) is 34.4 Å². The molecule has 1 aliphatic heterocycles. The molecular weight excluding hydrogens is 392 g/mol.